The van der Waals surface area contributed by atoms with E-state index >= 15 is 0 Å². The van der Waals surface area contributed by atoms with Crippen LogP contribution in [-0.4, -0.2) is 73.1 Å². The summed E-state index contributed by atoms with van der Waals surface area (Å²) in [4.78, 5) is 28.8. The Kier molecular flexibility index (Phi) is 6.44. The third-order valence-corrected chi connectivity index (χ3v) is 9.22. The molecular weight excluding hydrogens is 472 g/mol. The van der Waals surface area contributed by atoms with Gasteiger partial charge in [0.25, 0.3) is 0 Å². The molecule has 6 N–H and O–H groups in total. The third kappa shape index (κ3) is 4.75. The second kappa shape index (κ2) is 9.76. The first-order chi connectivity index (χ1) is 18.0. The molecule has 1 spiro atoms. The van der Waals surface area contributed by atoms with Crippen molar-refractivity contribution in [3.05, 3.63) is 24.3 Å². The quantitative estimate of drug-likeness (QED) is 0.332. The van der Waals surface area contributed by atoms with Gasteiger partial charge in [0.15, 0.2) is 0 Å². The number of benzene rings is 1. The Balaban J connectivity index is 1.10. The number of carboxylic acid groups (broad SMARTS) is 1. The zero-order valence-electron chi connectivity index (χ0n) is 20.9. The third-order valence-electron chi connectivity index (χ3n) is 9.22. The molecule has 5 fully saturated rings. The molecular formula is C26H36N8O3. The minimum absolute atomic E-state index is 0.0247. The lowest BCUT2D eigenvalue weighted by Gasteiger charge is -2.49. The zero-order chi connectivity index (χ0) is 25.6. The van der Waals surface area contributed by atoms with Gasteiger partial charge in [0.2, 0.25) is 5.91 Å². The number of hydrogen-bond donors (Lipinski definition) is 6. The van der Waals surface area contributed by atoms with Crippen molar-refractivity contribution in [2.45, 2.75) is 50.6 Å². The van der Waals surface area contributed by atoms with Crippen molar-refractivity contribution in [1.29, 1.82) is 5.26 Å². The molecule has 4 aliphatic heterocycles. The zero-order valence-corrected chi connectivity index (χ0v) is 20.9. The van der Waals surface area contributed by atoms with Crippen molar-refractivity contribution in [2.75, 3.05) is 42.9 Å². The van der Waals surface area contributed by atoms with Gasteiger partial charge in [-0.3, -0.25) is 30.5 Å². The molecule has 5 aliphatic rings. The van der Waals surface area contributed by atoms with Crippen LogP contribution in [0, 0.1) is 34.5 Å². The maximum absolute atomic E-state index is 12.8. The number of fused-ring (bicyclic) bond motifs is 1. The van der Waals surface area contributed by atoms with Crippen molar-refractivity contribution < 1.29 is 14.7 Å². The van der Waals surface area contributed by atoms with Crippen LogP contribution >= 0.6 is 0 Å². The number of hydrogen-bond acceptors (Lipinski definition) is 9. The predicted octanol–water partition coefficient (Wildman–Crippen LogP) is 0.447. The number of rotatable bonds is 5. The van der Waals surface area contributed by atoms with E-state index in [4.69, 9.17) is 0 Å². The molecule has 5 atom stereocenters. The molecule has 0 aromatic heterocycles. The van der Waals surface area contributed by atoms with Crippen molar-refractivity contribution in [2.24, 2.45) is 23.2 Å². The van der Waals surface area contributed by atoms with E-state index in [2.05, 4.69) is 66.9 Å². The van der Waals surface area contributed by atoms with Gasteiger partial charge in [0.1, 0.15) is 6.29 Å². The van der Waals surface area contributed by atoms with Gasteiger partial charge in [-0.1, -0.05) is 0 Å². The molecule has 4 saturated heterocycles. The Hall–Kier alpha value is -2.91. The van der Waals surface area contributed by atoms with Crippen molar-refractivity contribution >= 4 is 23.3 Å². The molecule has 11 nitrogen and oxygen atoms in total. The highest BCUT2D eigenvalue weighted by Gasteiger charge is 2.58. The SMILES string of the molecule is N#CC1CCN(C2NC3CNNC(=O)C3C(Nc3ccc(N4CCC5(CC4)CC5C(=O)O)cc3)N2)CC1. The summed E-state index contributed by atoms with van der Waals surface area (Å²) < 4.78 is 0. The number of carboxylic acids is 1. The molecule has 0 bridgehead atoms. The smallest absolute Gasteiger partial charge is 0.307 e. The fraction of sp³-hybridized carbons (Fsp3) is 0.654. The first-order valence-electron chi connectivity index (χ1n) is 13.5. The van der Waals surface area contributed by atoms with Gasteiger partial charge in [0.05, 0.1) is 24.1 Å². The van der Waals surface area contributed by atoms with Crippen LogP contribution < -0.4 is 31.7 Å². The Morgan fingerprint density at radius 2 is 1.84 bits per heavy atom. The van der Waals surface area contributed by atoms with E-state index in [-0.39, 0.29) is 47.6 Å². The summed E-state index contributed by atoms with van der Waals surface area (Å²) in [5, 5.41) is 29.4. The number of hydrazine groups is 1. The van der Waals surface area contributed by atoms with Crippen LogP contribution in [0.25, 0.3) is 0 Å². The minimum atomic E-state index is -0.644. The maximum atomic E-state index is 12.8. The summed E-state index contributed by atoms with van der Waals surface area (Å²) in [6.45, 7) is 4.08. The number of anilines is 2. The second-order valence-electron chi connectivity index (χ2n) is 11.3. The Bertz CT molecular complexity index is 1060. The molecule has 37 heavy (non-hydrogen) atoms. The van der Waals surface area contributed by atoms with E-state index in [0.717, 1.165) is 69.7 Å². The summed E-state index contributed by atoms with van der Waals surface area (Å²) in [5.41, 5.74) is 7.89. The monoisotopic (exact) mass is 508 g/mol. The fourth-order valence-corrected chi connectivity index (χ4v) is 6.75. The molecule has 1 aromatic rings. The Labute approximate surface area is 216 Å². The molecule has 198 valence electrons. The first kappa shape index (κ1) is 24.4. The molecule has 0 radical (unpaired) electrons. The van der Waals surface area contributed by atoms with Crippen LogP contribution in [0.2, 0.25) is 0 Å². The van der Waals surface area contributed by atoms with E-state index in [9.17, 15) is 20.0 Å². The number of nitrogens with zero attached hydrogens (tertiary/aromatic N) is 3. The summed E-state index contributed by atoms with van der Waals surface area (Å²) in [5.74, 6) is -1.01. The van der Waals surface area contributed by atoms with Crippen LogP contribution in [-0.2, 0) is 9.59 Å². The molecule has 1 saturated carbocycles. The minimum Gasteiger partial charge on any atom is -0.481 e. The number of amides is 1. The van der Waals surface area contributed by atoms with Gasteiger partial charge in [-0.2, -0.15) is 5.26 Å². The number of likely N-dealkylation sites (tertiary alicyclic amines) is 1. The molecule has 4 heterocycles. The summed E-state index contributed by atoms with van der Waals surface area (Å²) in [7, 11) is 0. The van der Waals surface area contributed by atoms with Gasteiger partial charge in [-0.05, 0) is 61.8 Å². The fourth-order valence-electron chi connectivity index (χ4n) is 6.75. The van der Waals surface area contributed by atoms with E-state index in [0.29, 0.717) is 6.54 Å². The lowest BCUT2D eigenvalue weighted by molar-refractivity contribution is -0.139. The van der Waals surface area contributed by atoms with Gasteiger partial charge in [0, 0.05) is 56.1 Å². The van der Waals surface area contributed by atoms with Crippen molar-refractivity contribution in [3.63, 3.8) is 0 Å². The normalized spacial score (nSPS) is 33.8. The van der Waals surface area contributed by atoms with Gasteiger partial charge in [-0.15, -0.1) is 0 Å². The highest BCUT2D eigenvalue weighted by Crippen LogP contribution is 2.59. The van der Waals surface area contributed by atoms with Gasteiger partial charge >= 0.3 is 5.97 Å². The molecule has 1 aromatic carbocycles. The molecule has 1 aliphatic carbocycles. The lowest BCUT2D eigenvalue weighted by atomic mass is 9.90. The average molecular weight is 509 g/mol. The Morgan fingerprint density at radius 3 is 2.49 bits per heavy atom. The van der Waals surface area contributed by atoms with E-state index in [1.54, 1.807) is 0 Å². The van der Waals surface area contributed by atoms with E-state index in [1.807, 2.05) is 0 Å². The number of carbonyl (C=O) groups is 2. The summed E-state index contributed by atoms with van der Waals surface area (Å²) in [6, 6.07) is 10.7. The summed E-state index contributed by atoms with van der Waals surface area (Å²) >= 11 is 0. The first-order valence-corrected chi connectivity index (χ1v) is 13.5. The van der Waals surface area contributed by atoms with Crippen molar-refractivity contribution in [1.82, 2.24) is 26.4 Å². The standard InChI is InChI=1S/C26H36N8O3/c27-14-16-5-9-34(10-6-16)25-30-20-15-28-32-23(35)21(20)22(31-25)29-17-1-3-18(4-2-17)33-11-7-26(8-12-33)13-19(26)24(36)37/h1-4,16,19-22,25,28-31H,5-13,15H2,(H,32,35)(H,36,37). The van der Waals surface area contributed by atoms with Crippen LogP contribution in [0.15, 0.2) is 24.3 Å². The predicted molar refractivity (Wildman–Crippen MR) is 137 cm³/mol. The number of aliphatic carboxylic acids is 1. The molecule has 1 amide bonds. The summed E-state index contributed by atoms with van der Waals surface area (Å²) in [6.07, 6.45) is 4.07. The van der Waals surface area contributed by atoms with E-state index < -0.39 is 5.97 Å². The van der Waals surface area contributed by atoms with Crippen molar-refractivity contribution in [3.8, 4) is 6.07 Å². The molecule has 5 unspecified atom stereocenters. The van der Waals surface area contributed by atoms with Gasteiger partial charge in [-0.25, -0.2) is 5.43 Å². The number of piperidine rings is 2. The molecule has 11 heteroatoms. The number of carbonyl (C=O) groups excluding carboxylic acids is 1. The highest BCUT2D eigenvalue weighted by atomic mass is 16.4. The number of nitriles is 1. The average Bonchev–Trinajstić information content (AvgIpc) is 3.63. The van der Waals surface area contributed by atoms with E-state index in [1.165, 1.54) is 0 Å². The van der Waals surface area contributed by atoms with Crippen LogP contribution in [0.1, 0.15) is 32.1 Å². The second-order valence-corrected chi connectivity index (χ2v) is 11.3. The van der Waals surface area contributed by atoms with Crippen LogP contribution in [0.4, 0.5) is 11.4 Å². The molecule has 6 rings (SSSR count). The maximum Gasteiger partial charge on any atom is 0.307 e. The number of nitrogens with one attached hydrogen (secondary N) is 5. The largest absolute Gasteiger partial charge is 0.481 e. The highest BCUT2D eigenvalue weighted by molar-refractivity contribution is 5.81. The lowest BCUT2D eigenvalue weighted by Crippen LogP contribution is -2.77. The van der Waals surface area contributed by atoms with Crippen LogP contribution in [0.5, 0.6) is 0 Å². The Morgan fingerprint density at radius 1 is 1.11 bits per heavy atom. The topological polar surface area (TPSA) is 145 Å². The van der Waals surface area contributed by atoms with Gasteiger partial charge < -0.3 is 15.3 Å². The van der Waals surface area contributed by atoms with Crippen LogP contribution in [0.3, 0.4) is 0 Å².